The van der Waals surface area contributed by atoms with Crippen molar-refractivity contribution in [2.75, 3.05) is 30.1 Å². The molecule has 0 bridgehead atoms. The summed E-state index contributed by atoms with van der Waals surface area (Å²) in [5.41, 5.74) is 5.31. The summed E-state index contributed by atoms with van der Waals surface area (Å²) < 4.78 is 21.4. The predicted molar refractivity (Wildman–Crippen MR) is 55.3 cm³/mol. The van der Waals surface area contributed by atoms with Crippen molar-refractivity contribution >= 4 is 21.6 Å². The Hall–Kier alpha value is 0.260. The summed E-state index contributed by atoms with van der Waals surface area (Å²) in [6.45, 7) is 0.729. The van der Waals surface area contributed by atoms with E-state index in [1.807, 2.05) is 0 Å². The average molecular weight is 211 g/mol. The monoisotopic (exact) mass is 211 g/mol. The molecule has 0 unspecified atom stereocenters. The fourth-order valence-corrected chi connectivity index (χ4v) is 2.96. The summed E-state index contributed by atoms with van der Waals surface area (Å²) in [5, 5.41) is 0. The van der Waals surface area contributed by atoms with Crippen LogP contribution in [0.5, 0.6) is 0 Å². The maximum Gasteiger partial charge on any atom is 0.148 e. The molecule has 0 saturated heterocycles. The van der Waals surface area contributed by atoms with Crippen LogP contribution in [0.15, 0.2) is 0 Å². The lowest BCUT2D eigenvalue weighted by molar-refractivity contribution is 0.603. The van der Waals surface area contributed by atoms with Gasteiger partial charge in [0.25, 0.3) is 0 Å². The van der Waals surface area contributed by atoms with Crippen LogP contribution in [0, 0.1) is 0 Å². The number of sulfone groups is 1. The predicted octanol–water partition coefficient (Wildman–Crippen LogP) is 0.503. The first-order chi connectivity index (χ1) is 5.56. The molecule has 2 N–H and O–H groups in total. The molecule has 0 rings (SSSR count). The van der Waals surface area contributed by atoms with Crippen LogP contribution >= 0.6 is 11.8 Å². The van der Waals surface area contributed by atoms with Gasteiger partial charge in [-0.05, 0) is 25.1 Å². The Bertz CT molecular complexity index is 190. The Kier molecular flexibility index (Phi) is 6.89. The van der Waals surface area contributed by atoms with Gasteiger partial charge in [-0.25, -0.2) is 8.42 Å². The lowest BCUT2D eigenvalue weighted by Crippen LogP contribution is -2.05. The highest BCUT2D eigenvalue weighted by atomic mass is 32.2. The van der Waals surface area contributed by atoms with Crippen molar-refractivity contribution in [1.29, 1.82) is 0 Å². The maximum absolute atomic E-state index is 10.7. The Morgan fingerprint density at radius 3 is 2.42 bits per heavy atom. The van der Waals surface area contributed by atoms with E-state index in [0.29, 0.717) is 11.5 Å². The van der Waals surface area contributed by atoms with Crippen molar-refractivity contribution in [3.63, 3.8) is 0 Å². The van der Waals surface area contributed by atoms with Crippen LogP contribution in [-0.4, -0.2) is 38.5 Å². The van der Waals surface area contributed by atoms with Crippen LogP contribution in [0.2, 0.25) is 0 Å². The molecular formula is C7H17NO2S2. The van der Waals surface area contributed by atoms with E-state index in [2.05, 4.69) is 0 Å². The maximum atomic E-state index is 10.7. The average Bonchev–Trinajstić information content (AvgIpc) is 1.94. The van der Waals surface area contributed by atoms with E-state index in [1.54, 1.807) is 11.8 Å². The topological polar surface area (TPSA) is 60.2 Å². The molecule has 12 heavy (non-hydrogen) atoms. The first-order valence-corrected chi connectivity index (χ1v) is 7.23. The van der Waals surface area contributed by atoms with E-state index < -0.39 is 9.84 Å². The molecule has 0 atom stereocenters. The lowest BCUT2D eigenvalue weighted by atomic mass is 10.3. The van der Waals surface area contributed by atoms with Crippen LogP contribution in [0.3, 0.4) is 0 Å². The fraction of sp³-hybridized carbons (Fsp3) is 1.00. The van der Waals surface area contributed by atoms with Crippen LogP contribution < -0.4 is 5.73 Å². The second-order valence-corrected chi connectivity index (χ2v) is 6.22. The van der Waals surface area contributed by atoms with Gasteiger partial charge < -0.3 is 5.73 Å². The zero-order valence-electron chi connectivity index (χ0n) is 7.45. The van der Waals surface area contributed by atoms with Gasteiger partial charge >= 0.3 is 0 Å². The van der Waals surface area contributed by atoms with Gasteiger partial charge in [-0.3, -0.25) is 0 Å². The van der Waals surface area contributed by atoms with Crippen molar-refractivity contribution in [3.8, 4) is 0 Å². The number of unbranched alkanes of at least 4 members (excludes halogenated alkanes) is 1. The van der Waals surface area contributed by atoms with Crippen LogP contribution in [-0.2, 0) is 9.84 Å². The molecule has 0 aromatic heterocycles. The van der Waals surface area contributed by atoms with E-state index in [1.165, 1.54) is 6.26 Å². The van der Waals surface area contributed by atoms with Crippen molar-refractivity contribution in [2.45, 2.75) is 12.8 Å². The molecule has 0 aliphatic carbocycles. The minimum atomic E-state index is -2.76. The van der Waals surface area contributed by atoms with Gasteiger partial charge in [-0.1, -0.05) is 0 Å². The molecule has 0 aromatic carbocycles. The quantitative estimate of drug-likeness (QED) is 0.623. The highest BCUT2D eigenvalue weighted by Crippen LogP contribution is 2.04. The molecule has 5 heteroatoms. The first kappa shape index (κ1) is 12.3. The second-order valence-electron chi connectivity index (χ2n) is 2.74. The minimum Gasteiger partial charge on any atom is -0.330 e. The summed E-state index contributed by atoms with van der Waals surface area (Å²) in [6.07, 6.45) is 3.39. The van der Waals surface area contributed by atoms with E-state index >= 15 is 0 Å². The molecule has 0 aromatic rings. The van der Waals surface area contributed by atoms with Gasteiger partial charge in [-0.2, -0.15) is 11.8 Å². The van der Waals surface area contributed by atoms with Crippen LogP contribution in [0.1, 0.15) is 12.8 Å². The number of nitrogens with two attached hydrogens (primary N) is 1. The zero-order valence-corrected chi connectivity index (χ0v) is 9.09. The fourth-order valence-electron chi connectivity index (χ4n) is 0.661. The van der Waals surface area contributed by atoms with Crippen LogP contribution in [0.25, 0.3) is 0 Å². The third-order valence-electron chi connectivity index (χ3n) is 1.34. The van der Waals surface area contributed by atoms with Crippen molar-refractivity contribution in [1.82, 2.24) is 0 Å². The van der Waals surface area contributed by atoms with E-state index in [0.717, 1.165) is 25.1 Å². The highest BCUT2D eigenvalue weighted by Gasteiger charge is 2.00. The zero-order chi connectivity index (χ0) is 9.45. The van der Waals surface area contributed by atoms with Gasteiger partial charge in [0.15, 0.2) is 0 Å². The minimum absolute atomic E-state index is 0.292. The third kappa shape index (κ3) is 10.3. The van der Waals surface area contributed by atoms with Crippen molar-refractivity contribution < 1.29 is 8.42 Å². The Morgan fingerprint density at radius 1 is 1.25 bits per heavy atom. The number of hydrogen-bond acceptors (Lipinski definition) is 4. The standard InChI is InChI=1S/C7H17NO2S2/c1-12(9,10)7-6-11-5-3-2-4-8/h2-8H2,1H3. The first-order valence-electron chi connectivity index (χ1n) is 4.02. The van der Waals surface area contributed by atoms with E-state index in [4.69, 9.17) is 5.73 Å². The smallest absolute Gasteiger partial charge is 0.148 e. The molecule has 0 aliphatic heterocycles. The van der Waals surface area contributed by atoms with Gasteiger partial charge in [0.2, 0.25) is 0 Å². The molecule has 0 aliphatic rings. The molecule has 0 saturated carbocycles. The third-order valence-corrected chi connectivity index (χ3v) is 3.62. The van der Waals surface area contributed by atoms with Gasteiger partial charge in [-0.15, -0.1) is 0 Å². The van der Waals surface area contributed by atoms with Crippen molar-refractivity contribution in [3.05, 3.63) is 0 Å². The number of rotatable bonds is 7. The normalized spacial score (nSPS) is 11.8. The molecule has 0 amide bonds. The van der Waals surface area contributed by atoms with Gasteiger partial charge in [0.1, 0.15) is 9.84 Å². The molecule has 0 radical (unpaired) electrons. The Morgan fingerprint density at radius 2 is 1.92 bits per heavy atom. The molecule has 0 heterocycles. The molecule has 0 fully saturated rings. The van der Waals surface area contributed by atoms with Crippen LogP contribution in [0.4, 0.5) is 0 Å². The Balaban J connectivity index is 3.12. The van der Waals surface area contributed by atoms with Gasteiger partial charge in [0.05, 0.1) is 5.75 Å². The summed E-state index contributed by atoms with van der Waals surface area (Å²) in [6, 6.07) is 0. The van der Waals surface area contributed by atoms with E-state index in [9.17, 15) is 8.42 Å². The summed E-state index contributed by atoms with van der Waals surface area (Å²) >= 11 is 1.69. The van der Waals surface area contributed by atoms with E-state index in [-0.39, 0.29) is 0 Å². The number of hydrogen-bond donors (Lipinski definition) is 1. The SMILES string of the molecule is CS(=O)(=O)CCSCCCCN. The molecule has 3 nitrogen and oxygen atoms in total. The Labute approximate surface area is 79.0 Å². The molecule has 0 spiro atoms. The summed E-state index contributed by atoms with van der Waals surface area (Å²) in [7, 11) is -2.76. The summed E-state index contributed by atoms with van der Waals surface area (Å²) in [4.78, 5) is 0. The lowest BCUT2D eigenvalue weighted by Gasteiger charge is -1.99. The molecular weight excluding hydrogens is 194 g/mol. The highest BCUT2D eigenvalue weighted by molar-refractivity contribution is 8.00. The van der Waals surface area contributed by atoms with Crippen molar-refractivity contribution in [2.24, 2.45) is 5.73 Å². The second kappa shape index (κ2) is 6.74. The summed E-state index contributed by atoms with van der Waals surface area (Å²) in [5.74, 6) is 2.02. The molecule has 74 valence electrons. The number of thioether (sulfide) groups is 1. The largest absolute Gasteiger partial charge is 0.330 e. The van der Waals surface area contributed by atoms with Gasteiger partial charge in [0, 0.05) is 12.0 Å².